The van der Waals surface area contributed by atoms with Crippen molar-refractivity contribution in [1.29, 1.82) is 5.41 Å². The molecule has 1 unspecified atom stereocenters. The number of aromatic nitrogens is 3. The van der Waals surface area contributed by atoms with Gasteiger partial charge in [-0.1, -0.05) is 30.3 Å². The van der Waals surface area contributed by atoms with Crippen molar-refractivity contribution >= 4 is 47.4 Å². The maximum atomic E-state index is 12.3. The third-order valence-electron chi connectivity index (χ3n) is 5.33. The second-order valence-corrected chi connectivity index (χ2v) is 7.98. The van der Waals surface area contributed by atoms with Crippen LogP contribution < -0.4 is 17.3 Å². The first-order chi connectivity index (χ1) is 16.1. The van der Waals surface area contributed by atoms with Gasteiger partial charge >= 0.3 is 0 Å². The van der Waals surface area contributed by atoms with E-state index in [1.165, 1.54) is 0 Å². The maximum Gasteiger partial charge on any atom is 0.161 e. The molecule has 0 radical (unpaired) electrons. The molecule has 0 aliphatic rings. The van der Waals surface area contributed by atoms with Crippen LogP contribution in [0.3, 0.4) is 0 Å². The largest absolute Gasteiger partial charge is 0.398 e. The lowest BCUT2D eigenvalue weighted by Crippen LogP contribution is -2.31. The van der Waals surface area contributed by atoms with Crippen LogP contribution in [0.2, 0.25) is 5.02 Å². The maximum absolute atomic E-state index is 12.3. The number of aryl methyl sites for hydroxylation is 1. The van der Waals surface area contributed by atoms with Gasteiger partial charge < -0.3 is 27.5 Å². The van der Waals surface area contributed by atoms with Gasteiger partial charge in [0.25, 0.3) is 0 Å². The number of nitrogens with zero attached hydrogens (tertiary/aromatic N) is 4. The second-order valence-electron chi connectivity index (χ2n) is 7.55. The molecule has 0 aliphatic heterocycles. The minimum Gasteiger partial charge on any atom is -0.398 e. The van der Waals surface area contributed by atoms with E-state index < -0.39 is 5.41 Å². The molecule has 3 rings (SSSR count). The average molecular weight is 479 g/mol. The smallest absolute Gasteiger partial charge is 0.161 e. The van der Waals surface area contributed by atoms with Gasteiger partial charge in [-0.05, 0) is 51.8 Å². The van der Waals surface area contributed by atoms with Gasteiger partial charge in [0.05, 0.1) is 22.5 Å². The van der Waals surface area contributed by atoms with Crippen LogP contribution in [0.15, 0.2) is 48.1 Å². The molecule has 0 spiro atoms. The molecule has 34 heavy (non-hydrogen) atoms. The van der Waals surface area contributed by atoms with E-state index in [4.69, 9.17) is 34.3 Å². The Morgan fingerprint density at radius 1 is 1.18 bits per heavy atom. The number of nitrogens with one attached hydrogen (secondary N) is 1. The van der Waals surface area contributed by atoms with E-state index in [-0.39, 0.29) is 5.82 Å². The van der Waals surface area contributed by atoms with Gasteiger partial charge in [-0.15, -0.1) is 0 Å². The number of pyridine rings is 1. The average Bonchev–Trinajstić information content (AvgIpc) is 2.83. The summed E-state index contributed by atoms with van der Waals surface area (Å²) in [6.45, 7) is 11.8. The van der Waals surface area contributed by atoms with Crippen molar-refractivity contribution in [3.63, 3.8) is 0 Å². The van der Waals surface area contributed by atoms with Gasteiger partial charge in [-0.3, -0.25) is 4.98 Å². The summed E-state index contributed by atoms with van der Waals surface area (Å²) in [5.74, 6) is 5.83. The Hall–Kier alpha value is -4.11. The van der Waals surface area contributed by atoms with E-state index in [9.17, 15) is 4.79 Å². The van der Waals surface area contributed by atoms with E-state index in [1.807, 2.05) is 0 Å². The zero-order chi connectivity index (χ0) is 25.6. The van der Waals surface area contributed by atoms with Gasteiger partial charge in [0, 0.05) is 33.1 Å². The summed E-state index contributed by atoms with van der Waals surface area (Å²) in [6, 6.07) is 10.4. The highest BCUT2D eigenvalue weighted by Gasteiger charge is 2.35. The number of benzene rings is 1. The summed E-state index contributed by atoms with van der Waals surface area (Å²) in [5, 5.41) is 9.69. The Morgan fingerprint density at radius 3 is 2.41 bits per heavy atom. The summed E-state index contributed by atoms with van der Waals surface area (Å²) in [7, 11) is 0. The number of halogens is 1. The monoisotopic (exact) mass is 478 g/mol. The lowest BCUT2D eigenvalue weighted by atomic mass is 9.79. The summed E-state index contributed by atoms with van der Waals surface area (Å²) in [4.78, 5) is 25.9. The Labute approximate surface area is 203 Å². The molecule has 1 atom stereocenters. The first kappa shape index (κ1) is 26.1. The van der Waals surface area contributed by atoms with Crippen molar-refractivity contribution < 1.29 is 4.79 Å². The molecular formula is C24H27ClN8O. The molecule has 1 aromatic carbocycles. The highest BCUT2D eigenvalue weighted by atomic mass is 35.5. The van der Waals surface area contributed by atoms with E-state index in [0.29, 0.717) is 56.0 Å². The van der Waals surface area contributed by atoms with Crippen molar-refractivity contribution in [3.05, 3.63) is 82.0 Å². The standard InChI is InChI=1S/C23H24ClN7O.CH3N/c1-12(16-9-8-15(24)10-17(16)25)22-28-14(3)20(21(26)30-22)23(4,11-32)19-7-5-6-18(29-19)13(2)31-27;1-2/h5-11H,1,25,27H2,2-4H3,(H2,26,28,30);2H,1H2/b31-13+;. The number of hydrazone groups is 1. The van der Waals surface area contributed by atoms with E-state index in [2.05, 4.69) is 33.3 Å². The number of nitrogens with two attached hydrogens (primary N) is 3. The molecule has 0 saturated carbocycles. The van der Waals surface area contributed by atoms with Crippen molar-refractivity contribution in [1.82, 2.24) is 15.0 Å². The van der Waals surface area contributed by atoms with Crippen molar-refractivity contribution in [2.45, 2.75) is 26.2 Å². The van der Waals surface area contributed by atoms with E-state index in [1.54, 1.807) is 57.2 Å². The number of hydrogen-bond donors (Lipinski definition) is 4. The number of aldehydes is 1. The third-order valence-corrected chi connectivity index (χ3v) is 5.56. The van der Waals surface area contributed by atoms with Crippen molar-refractivity contribution in [2.24, 2.45) is 10.9 Å². The van der Waals surface area contributed by atoms with Gasteiger partial charge in [0.1, 0.15) is 12.1 Å². The summed E-state index contributed by atoms with van der Waals surface area (Å²) in [5.41, 5.74) is 15.3. The van der Waals surface area contributed by atoms with E-state index in [0.717, 1.165) is 6.29 Å². The Bertz CT molecular complexity index is 1250. The zero-order valence-electron chi connectivity index (χ0n) is 19.3. The molecule has 2 heterocycles. The predicted molar refractivity (Wildman–Crippen MR) is 138 cm³/mol. The molecule has 0 amide bonds. The fourth-order valence-electron chi connectivity index (χ4n) is 3.54. The number of carbonyl (C=O) groups excluding carboxylic acids is 1. The minimum absolute atomic E-state index is 0.146. The Balaban J connectivity index is 0.00000199. The van der Waals surface area contributed by atoms with Crippen LogP contribution in [0.4, 0.5) is 11.5 Å². The molecule has 0 bridgehead atoms. The fourth-order valence-corrected chi connectivity index (χ4v) is 3.72. The lowest BCUT2D eigenvalue weighted by Gasteiger charge is -2.26. The van der Waals surface area contributed by atoms with Crippen LogP contribution >= 0.6 is 11.6 Å². The molecule has 176 valence electrons. The third kappa shape index (κ3) is 4.94. The number of carbonyl (C=O) groups is 1. The number of anilines is 2. The zero-order valence-corrected chi connectivity index (χ0v) is 20.0. The van der Waals surface area contributed by atoms with Gasteiger partial charge in [0.15, 0.2) is 5.82 Å². The molecule has 3 aromatic rings. The Kier molecular flexibility index (Phi) is 8.21. The van der Waals surface area contributed by atoms with Gasteiger partial charge in [-0.2, -0.15) is 5.10 Å². The molecular weight excluding hydrogens is 452 g/mol. The van der Waals surface area contributed by atoms with E-state index >= 15 is 0 Å². The van der Waals surface area contributed by atoms with Crippen molar-refractivity contribution in [3.8, 4) is 0 Å². The molecule has 0 aliphatic carbocycles. The number of rotatable bonds is 6. The predicted octanol–water partition coefficient (Wildman–Crippen LogP) is 3.51. The molecule has 0 fully saturated rings. The quantitative estimate of drug-likeness (QED) is 0.138. The van der Waals surface area contributed by atoms with Gasteiger partial charge in [-0.25, -0.2) is 9.97 Å². The van der Waals surface area contributed by atoms with Crippen LogP contribution in [0.1, 0.15) is 47.9 Å². The van der Waals surface area contributed by atoms with Crippen LogP contribution in [0.25, 0.3) is 5.57 Å². The number of nitrogen functional groups attached to an aromatic ring is 2. The SMILES string of the molecule is C=C(c1nc(C)c(C(C)(C=O)c2cccc(/C(C)=N/N)n2)c(N)n1)c1ccc(Cl)cc1N.C=N. The minimum atomic E-state index is -1.20. The first-order valence-electron chi connectivity index (χ1n) is 10.1. The van der Waals surface area contributed by atoms with Crippen LogP contribution in [-0.2, 0) is 10.2 Å². The fraction of sp³-hybridized carbons (Fsp3) is 0.167. The molecule has 10 heteroatoms. The summed E-state index contributed by atoms with van der Waals surface area (Å²) >= 11 is 5.99. The van der Waals surface area contributed by atoms with Crippen LogP contribution in [0.5, 0.6) is 0 Å². The topological polar surface area (TPSA) is 170 Å². The normalized spacial score (nSPS) is 12.8. The van der Waals surface area contributed by atoms with Gasteiger partial charge in [0.2, 0.25) is 0 Å². The van der Waals surface area contributed by atoms with Crippen LogP contribution in [0, 0.1) is 12.3 Å². The first-order valence-corrected chi connectivity index (χ1v) is 10.4. The molecule has 9 nitrogen and oxygen atoms in total. The molecule has 7 N–H and O–H groups in total. The molecule has 0 saturated heterocycles. The summed E-state index contributed by atoms with van der Waals surface area (Å²) < 4.78 is 0. The highest BCUT2D eigenvalue weighted by Crippen LogP contribution is 2.35. The number of hydrogen-bond acceptors (Lipinski definition) is 9. The van der Waals surface area contributed by atoms with Crippen molar-refractivity contribution in [2.75, 3.05) is 11.5 Å². The Morgan fingerprint density at radius 2 is 1.85 bits per heavy atom. The second kappa shape index (κ2) is 10.7. The van der Waals surface area contributed by atoms with Crippen LogP contribution in [-0.4, -0.2) is 33.7 Å². The highest BCUT2D eigenvalue weighted by molar-refractivity contribution is 6.31. The molecule has 2 aromatic heterocycles. The summed E-state index contributed by atoms with van der Waals surface area (Å²) in [6.07, 6.45) is 0.780. The lowest BCUT2D eigenvalue weighted by molar-refractivity contribution is -0.111.